The van der Waals surface area contributed by atoms with E-state index in [9.17, 15) is 0 Å². The first-order valence-electron chi connectivity index (χ1n) is 6.52. The van der Waals surface area contributed by atoms with Gasteiger partial charge in [-0.05, 0) is 12.8 Å². The molecule has 1 aliphatic rings. The summed E-state index contributed by atoms with van der Waals surface area (Å²) in [7, 11) is 0. The number of rotatable bonds is 4. The minimum atomic E-state index is 0.654. The maximum atomic E-state index is 4.53. The minimum absolute atomic E-state index is 0.654. The van der Waals surface area contributed by atoms with Crippen molar-refractivity contribution < 1.29 is 0 Å². The van der Waals surface area contributed by atoms with Gasteiger partial charge in [0, 0.05) is 44.0 Å². The first-order valence-corrected chi connectivity index (χ1v) is 7.40. The zero-order chi connectivity index (χ0) is 12.3. The Morgan fingerprint density at radius 2 is 2.41 bits per heavy atom. The van der Waals surface area contributed by atoms with E-state index >= 15 is 0 Å². The molecule has 0 aliphatic carbocycles. The number of piperazine rings is 1. The molecule has 1 aliphatic heterocycles. The molecule has 1 aromatic rings. The van der Waals surface area contributed by atoms with Gasteiger partial charge >= 0.3 is 0 Å². The highest BCUT2D eigenvalue weighted by Crippen LogP contribution is 2.11. The highest BCUT2D eigenvalue weighted by Gasteiger charge is 2.21. The van der Waals surface area contributed by atoms with E-state index in [0.717, 1.165) is 25.4 Å². The second-order valence-electron chi connectivity index (χ2n) is 5.21. The molecular formula is C13H23N3S. The third-order valence-corrected chi connectivity index (χ3v) is 4.27. The molecule has 2 heterocycles. The maximum Gasteiger partial charge on any atom is 0.0897 e. The van der Waals surface area contributed by atoms with Gasteiger partial charge in [-0.25, -0.2) is 4.98 Å². The van der Waals surface area contributed by atoms with E-state index in [1.54, 1.807) is 11.3 Å². The van der Waals surface area contributed by atoms with E-state index in [0.29, 0.717) is 6.04 Å². The Bertz CT molecular complexity index is 348. The van der Waals surface area contributed by atoms with Crippen LogP contribution in [0.2, 0.25) is 0 Å². The molecule has 3 nitrogen and oxygen atoms in total. The number of aromatic nitrogens is 1. The average molecular weight is 253 g/mol. The number of hydrogen-bond acceptors (Lipinski definition) is 4. The van der Waals surface area contributed by atoms with E-state index in [-0.39, 0.29) is 0 Å². The van der Waals surface area contributed by atoms with Gasteiger partial charge < -0.3 is 10.2 Å². The molecule has 1 atom stereocenters. The molecule has 0 aromatic carbocycles. The van der Waals surface area contributed by atoms with E-state index in [2.05, 4.69) is 41.4 Å². The molecular weight excluding hydrogens is 230 g/mol. The van der Waals surface area contributed by atoms with Crippen LogP contribution in [0, 0.1) is 12.8 Å². The molecule has 0 saturated carbocycles. The van der Waals surface area contributed by atoms with Crippen molar-refractivity contribution in [1.82, 2.24) is 15.2 Å². The van der Waals surface area contributed by atoms with Crippen molar-refractivity contribution in [3.8, 4) is 0 Å². The minimum Gasteiger partial charge on any atom is -0.311 e. The zero-order valence-electron chi connectivity index (χ0n) is 11.1. The van der Waals surface area contributed by atoms with Gasteiger partial charge in [-0.15, -0.1) is 11.3 Å². The van der Waals surface area contributed by atoms with Crippen LogP contribution in [-0.2, 0) is 6.42 Å². The summed E-state index contributed by atoms with van der Waals surface area (Å²) in [4.78, 5) is 7.09. The summed E-state index contributed by atoms with van der Waals surface area (Å²) in [6.07, 6.45) is 1.09. The van der Waals surface area contributed by atoms with E-state index in [1.165, 1.54) is 23.8 Å². The van der Waals surface area contributed by atoms with Gasteiger partial charge in [-0.3, -0.25) is 0 Å². The summed E-state index contributed by atoms with van der Waals surface area (Å²) in [5.41, 5.74) is 1.26. The highest BCUT2D eigenvalue weighted by molar-refractivity contribution is 7.09. The Morgan fingerprint density at radius 3 is 3.06 bits per heavy atom. The second-order valence-corrected chi connectivity index (χ2v) is 6.28. The number of thiazole rings is 1. The monoisotopic (exact) mass is 253 g/mol. The lowest BCUT2D eigenvalue weighted by Gasteiger charge is -2.35. The van der Waals surface area contributed by atoms with Gasteiger partial charge in [0.15, 0.2) is 0 Å². The van der Waals surface area contributed by atoms with Crippen molar-refractivity contribution in [2.75, 3.05) is 26.2 Å². The molecule has 0 amide bonds. The quantitative estimate of drug-likeness (QED) is 0.888. The first kappa shape index (κ1) is 13.0. The fourth-order valence-corrected chi connectivity index (χ4v) is 2.93. The molecule has 0 bridgehead atoms. The van der Waals surface area contributed by atoms with Crippen LogP contribution < -0.4 is 5.32 Å². The van der Waals surface area contributed by atoms with Crippen LogP contribution >= 0.6 is 11.3 Å². The predicted molar refractivity (Wildman–Crippen MR) is 73.6 cm³/mol. The van der Waals surface area contributed by atoms with Crippen LogP contribution in [0.25, 0.3) is 0 Å². The van der Waals surface area contributed by atoms with Crippen molar-refractivity contribution >= 4 is 11.3 Å². The van der Waals surface area contributed by atoms with Crippen molar-refractivity contribution in [2.24, 2.45) is 5.92 Å². The second kappa shape index (κ2) is 5.94. The number of aryl methyl sites for hydroxylation is 1. The lowest BCUT2D eigenvalue weighted by Crippen LogP contribution is -2.53. The van der Waals surface area contributed by atoms with Crippen molar-refractivity contribution in [1.29, 1.82) is 0 Å². The smallest absolute Gasteiger partial charge is 0.0897 e. The van der Waals surface area contributed by atoms with Gasteiger partial charge in [0.1, 0.15) is 0 Å². The highest BCUT2D eigenvalue weighted by atomic mass is 32.1. The van der Waals surface area contributed by atoms with Gasteiger partial charge in [-0.2, -0.15) is 0 Å². The van der Waals surface area contributed by atoms with Crippen LogP contribution in [0.3, 0.4) is 0 Å². The van der Waals surface area contributed by atoms with Crippen molar-refractivity contribution in [3.63, 3.8) is 0 Å². The van der Waals surface area contributed by atoms with E-state index in [4.69, 9.17) is 0 Å². The van der Waals surface area contributed by atoms with E-state index < -0.39 is 0 Å². The standard InChI is InChI=1S/C13H23N3S/c1-10(2)13-8-16(7-5-14-13)6-4-12-9-17-11(3)15-12/h9-10,13-14H,4-8H2,1-3H3. The predicted octanol–water partition coefficient (Wildman–Crippen LogP) is 1.92. The fourth-order valence-electron chi connectivity index (χ4n) is 2.29. The summed E-state index contributed by atoms with van der Waals surface area (Å²) >= 11 is 1.75. The molecule has 4 heteroatoms. The van der Waals surface area contributed by atoms with Gasteiger partial charge in [-0.1, -0.05) is 13.8 Å². The van der Waals surface area contributed by atoms with Crippen molar-refractivity contribution in [3.05, 3.63) is 16.1 Å². The zero-order valence-corrected chi connectivity index (χ0v) is 11.9. The lowest BCUT2D eigenvalue weighted by atomic mass is 10.0. The molecule has 1 aromatic heterocycles. The topological polar surface area (TPSA) is 28.2 Å². The summed E-state index contributed by atoms with van der Waals surface area (Å²) < 4.78 is 0. The molecule has 1 fully saturated rings. The van der Waals surface area contributed by atoms with Gasteiger partial charge in [0.05, 0.1) is 10.7 Å². The SMILES string of the molecule is Cc1nc(CCN2CCNC(C(C)C)C2)cs1. The maximum absolute atomic E-state index is 4.53. The molecule has 1 unspecified atom stereocenters. The average Bonchev–Trinajstić information content (AvgIpc) is 2.73. The summed E-state index contributed by atoms with van der Waals surface area (Å²) in [6.45, 7) is 11.3. The summed E-state index contributed by atoms with van der Waals surface area (Å²) in [5.74, 6) is 0.722. The number of hydrogen-bond donors (Lipinski definition) is 1. The van der Waals surface area contributed by atoms with Gasteiger partial charge in [0.2, 0.25) is 0 Å². The normalized spacial score (nSPS) is 22.2. The Hall–Kier alpha value is -0.450. The Kier molecular flexibility index (Phi) is 4.54. The van der Waals surface area contributed by atoms with Crippen LogP contribution in [0.1, 0.15) is 24.5 Å². The molecule has 0 radical (unpaired) electrons. The molecule has 2 rings (SSSR count). The molecule has 1 N–H and O–H groups in total. The summed E-state index contributed by atoms with van der Waals surface area (Å²) in [6, 6.07) is 0.654. The van der Waals surface area contributed by atoms with Crippen LogP contribution in [0.5, 0.6) is 0 Å². The largest absolute Gasteiger partial charge is 0.311 e. The fraction of sp³-hybridized carbons (Fsp3) is 0.769. The Morgan fingerprint density at radius 1 is 1.59 bits per heavy atom. The summed E-state index contributed by atoms with van der Waals surface area (Å²) in [5, 5.41) is 6.97. The molecule has 1 saturated heterocycles. The van der Waals surface area contributed by atoms with Crippen LogP contribution in [0.4, 0.5) is 0 Å². The van der Waals surface area contributed by atoms with Crippen LogP contribution in [0.15, 0.2) is 5.38 Å². The third-order valence-electron chi connectivity index (χ3n) is 3.44. The number of nitrogens with one attached hydrogen (secondary N) is 1. The number of nitrogens with zero attached hydrogens (tertiary/aromatic N) is 2. The first-order chi connectivity index (χ1) is 8.15. The Labute approximate surface area is 108 Å². The van der Waals surface area contributed by atoms with Crippen molar-refractivity contribution in [2.45, 2.75) is 33.2 Å². The molecule has 0 spiro atoms. The van der Waals surface area contributed by atoms with Gasteiger partial charge in [0.25, 0.3) is 0 Å². The van der Waals surface area contributed by atoms with Crippen LogP contribution in [-0.4, -0.2) is 42.1 Å². The lowest BCUT2D eigenvalue weighted by molar-refractivity contribution is 0.176. The Balaban J connectivity index is 1.79. The molecule has 17 heavy (non-hydrogen) atoms. The third kappa shape index (κ3) is 3.76. The van der Waals surface area contributed by atoms with E-state index in [1.807, 2.05) is 0 Å². The molecule has 96 valence electrons.